The van der Waals surface area contributed by atoms with Gasteiger partial charge in [0.15, 0.2) is 0 Å². The van der Waals surface area contributed by atoms with E-state index >= 15 is 0 Å². The van der Waals surface area contributed by atoms with Crippen molar-refractivity contribution in [2.24, 2.45) is 12.9 Å². The van der Waals surface area contributed by atoms with Gasteiger partial charge in [-0.2, -0.15) is 0 Å². The molecule has 0 radical (unpaired) electrons. The first kappa shape index (κ1) is 13.8. The Hall–Kier alpha value is -1.63. The van der Waals surface area contributed by atoms with Crippen molar-refractivity contribution in [1.29, 1.82) is 0 Å². The molecule has 0 bridgehead atoms. The second-order valence-electron chi connectivity index (χ2n) is 4.22. The topological polar surface area (TPSA) is 78.0 Å². The van der Waals surface area contributed by atoms with Crippen molar-refractivity contribution in [3.63, 3.8) is 0 Å². The highest BCUT2D eigenvalue weighted by Gasteiger charge is 2.11. The van der Waals surface area contributed by atoms with Crippen LogP contribution in [0.4, 0.5) is 0 Å². The lowest BCUT2D eigenvalue weighted by Gasteiger charge is -2.15. The van der Waals surface area contributed by atoms with E-state index in [4.69, 9.17) is 22.2 Å². The summed E-state index contributed by atoms with van der Waals surface area (Å²) in [6.45, 7) is 0.439. The Morgan fingerprint density at radius 1 is 1.42 bits per heavy atom. The van der Waals surface area contributed by atoms with Crippen LogP contribution in [0.5, 0.6) is 5.75 Å². The molecule has 102 valence electrons. The summed E-state index contributed by atoms with van der Waals surface area (Å²) in [4.78, 5) is 0. The van der Waals surface area contributed by atoms with Crippen LogP contribution in [0.25, 0.3) is 0 Å². The van der Waals surface area contributed by atoms with Gasteiger partial charge < -0.3 is 4.74 Å². The van der Waals surface area contributed by atoms with E-state index in [0.29, 0.717) is 18.1 Å². The fourth-order valence-corrected chi connectivity index (χ4v) is 1.76. The van der Waals surface area contributed by atoms with Gasteiger partial charge in [0.2, 0.25) is 0 Å². The van der Waals surface area contributed by atoms with Crippen molar-refractivity contribution >= 4 is 11.6 Å². The first-order valence-electron chi connectivity index (χ1n) is 5.87. The van der Waals surface area contributed by atoms with Crippen LogP contribution in [0.15, 0.2) is 30.5 Å². The van der Waals surface area contributed by atoms with Crippen molar-refractivity contribution in [2.45, 2.75) is 12.5 Å². The highest BCUT2D eigenvalue weighted by Crippen LogP contribution is 2.15. The maximum atomic E-state index is 5.81. The van der Waals surface area contributed by atoms with Crippen molar-refractivity contribution in [2.75, 3.05) is 6.61 Å². The van der Waals surface area contributed by atoms with Gasteiger partial charge in [0, 0.05) is 24.7 Å². The van der Waals surface area contributed by atoms with Gasteiger partial charge in [0.1, 0.15) is 12.4 Å². The number of nitrogens with two attached hydrogens (primary N) is 1. The average Bonchev–Trinajstić information content (AvgIpc) is 2.82. The lowest BCUT2D eigenvalue weighted by molar-refractivity contribution is 0.263. The molecule has 1 aromatic heterocycles. The zero-order valence-electron chi connectivity index (χ0n) is 10.6. The zero-order chi connectivity index (χ0) is 13.7. The van der Waals surface area contributed by atoms with E-state index in [9.17, 15) is 0 Å². The second kappa shape index (κ2) is 6.51. The third kappa shape index (κ3) is 4.20. The summed E-state index contributed by atoms with van der Waals surface area (Å²) in [5.41, 5.74) is 3.58. The summed E-state index contributed by atoms with van der Waals surface area (Å²) >= 11 is 5.81. The maximum absolute atomic E-state index is 5.81. The summed E-state index contributed by atoms with van der Waals surface area (Å²) in [5.74, 6) is 6.26. The maximum Gasteiger partial charge on any atom is 0.119 e. The van der Waals surface area contributed by atoms with E-state index in [0.717, 1.165) is 11.4 Å². The van der Waals surface area contributed by atoms with Crippen molar-refractivity contribution < 1.29 is 4.74 Å². The number of hydrazine groups is 1. The molecule has 0 aliphatic carbocycles. The number of hydrogen-bond acceptors (Lipinski definition) is 5. The second-order valence-corrected chi connectivity index (χ2v) is 4.65. The molecule has 6 nitrogen and oxygen atoms in total. The van der Waals surface area contributed by atoms with Crippen LogP contribution in [0, 0.1) is 0 Å². The molecule has 1 heterocycles. The smallest absolute Gasteiger partial charge is 0.119 e. The number of rotatable bonds is 6. The molecular weight excluding hydrogens is 266 g/mol. The number of halogens is 1. The minimum absolute atomic E-state index is 0.0348. The number of aryl methyl sites for hydroxylation is 1. The molecule has 1 unspecified atom stereocenters. The predicted octanol–water partition coefficient (Wildman–Crippen LogP) is 0.922. The Morgan fingerprint density at radius 2 is 2.16 bits per heavy atom. The van der Waals surface area contributed by atoms with Crippen molar-refractivity contribution in [1.82, 2.24) is 20.4 Å². The molecule has 0 aliphatic rings. The molecule has 0 aliphatic heterocycles. The number of ether oxygens (including phenoxy) is 1. The molecular formula is C12H16ClN5O. The Kier molecular flexibility index (Phi) is 4.73. The Labute approximate surface area is 116 Å². The molecule has 2 rings (SSSR count). The molecule has 7 heteroatoms. The number of aromatic nitrogens is 3. The van der Waals surface area contributed by atoms with E-state index in [1.165, 1.54) is 0 Å². The SMILES string of the molecule is Cn1cc(CC(COc2ccc(Cl)cc2)NN)nn1. The zero-order valence-corrected chi connectivity index (χ0v) is 11.3. The summed E-state index contributed by atoms with van der Waals surface area (Å²) in [6, 6.07) is 7.16. The van der Waals surface area contributed by atoms with Gasteiger partial charge >= 0.3 is 0 Å². The lowest BCUT2D eigenvalue weighted by Crippen LogP contribution is -2.41. The molecule has 0 fully saturated rings. The number of benzene rings is 1. The first-order chi connectivity index (χ1) is 9.17. The molecule has 3 N–H and O–H groups in total. The number of nitrogens with one attached hydrogen (secondary N) is 1. The third-order valence-corrected chi connectivity index (χ3v) is 2.86. The van der Waals surface area contributed by atoms with Gasteiger partial charge in [0.05, 0.1) is 11.7 Å². The van der Waals surface area contributed by atoms with Crippen LogP contribution in [0.3, 0.4) is 0 Å². The molecule has 1 aromatic carbocycles. The van der Waals surface area contributed by atoms with Gasteiger partial charge in [-0.05, 0) is 24.3 Å². The third-order valence-electron chi connectivity index (χ3n) is 2.61. The van der Waals surface area contributed by atoms with E-state index < -0.39 is 0 Å². The number of hydrogen-bond donors (Lipinski definition) is 2. The molecule has 0 amide bonds. The summed E-state index contributed by atoms with van der Waals surface area (Å²) in [7, 11) is 1.82. The highest BCUT2D eigenvalue weighted by molar-refractivity contribution is 6.30. The van der Waals surface area contributed by atoms with E-state index in [-0.39, 0.29) is 6.04 Å². The average molecular weight is 282 g/mol. The van der Waals surface area contributed by atoms with Gasteiger partial charge in [-0.1, -0.05) is 16.8 Å². The molecule has 1 atom stereocenters. The first-order valence-corrected chi connectivity index (χ1v) is 6.25. The van der Waals surface area contributed by atoms with Crippen LogP contribution in [-0.2, 0) is 13.5 Å². The molecule has 2 aromatic rings. The van der Waals surface area contributed by atoms with Crippen LogP contribution in [0.2, 0.25) is 5.02 Å². The van der Waals surface area contributed by atoms with E-state index in [2.05, 4.69) is 15.7 Å². The monoisotopic (exact) mass is 281 g/mol. The van der Waals surface area contributed by atoms with Crippen molar-refractivity contribution in [3.8, 4) is 5.75 Å². The van der Waals surface area contributed by atoms with Gasteiger partial charge in [-0.3, -0.25) is 16.0 Å². The minimum atomic E-state index is -0.0348. The lowest BCUT2D eigenvalue weighted by atomic mass is 10.2. The van der Waals surface area contributed by atoms with Crippen LogP contribution < -0.4 is 16.0 Å². The highest BCUT2D eigenvalue weighted by atomic mass is 35.5. The molecule has 0 saturated carbocycles. The summed E-state index contributed by atoms with van der Waals surface area (Å²) in [5, 5.41) is 8.57. The quantitative estimate of drug-likeness (QED) is 0.608. The Morgan fingerprint density at radius 3 is 2.74 bits per heavy atom. The van der Waals surface area contributed by atoms with Crippen molar-refractivity contribution in [3.05, 3.63) is 41.2 Å². The number of nitrogens with zero attached hydrogens (tertiary/aromatic N) is 3. The predicted molar refractivity (Wildman–Crippen MR) is 72.8 cm³/mol. The Bertz CT molecular complexity index is 513. The fourth-order valence-electron chi connectivity index (χ4n) is 1.63. The standard InChI is InChI=1S/C12H16ClN5O/c1-18-7-10(16-17-18)6-11(15-14)8-19-12-4-2-9(13)3-5-12/h2-5,7,11,15H,6,8,14H2,1H3. The fraction of sp³-hybridized carbons (Fsp3) is 0.333. The molecule has 19 heavy (non-hydrogen) atoms. The van der Waals surface area contributed by atoms with E-state index in [1.807, 2.05) is 25.4 Å². The molecule has 0 spiro atoms. The minimum Gasteiger partial charge on any atom is -0.492 e. The van der Waals surface area contributed by atoms with Crippen LogP contribution in [-0.4, -0.2) is 27.6 Å². The van der Waals surface area contributed by atoms with Crippen LogP contribution >= 0.6 is 11.6 Å². The van der Waals surface area contributed by atoms with E-state index in [1.54, 1.807) is 16.8 Å². The molecule has 0 saturated heterocycles. The largest absolute Gasteiger partial charge is 0.492 e. The Balaban J connectivity index is 1.87. The van der Waals surface area contributed by atoms with Crippen LogP contribution in [0.1, 0.15) is 5.69 Å². The summed E-state index contributed by atoms with van der Waals surface area (Å²) in [6.07, 6.45) is 2.50. The van der Waals surface area contributed by atoms with Gasteiger partial charge in [-0.25, -0.2) is 0 Å². The normalized spacial score (nSPS) is 12.4. The van der Waals surface area contributed by atoms with Gasteiger partial charge in [-0.15, -0.1) is 5.10 Å². The van der Waals surface area contributed by atoms with Gasteiger partial charge in [0.25, 0.3) is 0 Å². The summed E-state index contributed by atoms with van der Waals surface area (Å²) < 4.78 is 7.29.